The van der Waals surface area contributed by atoms with Crippen molar-refractivity contribution in [3.05, 3.63) is 76.7 Å². The molecule has 5 rings (SSSR count). The van der Waals surface area contributed by atoms with E-state index in [4.69, 9.17) is 4.74 Å². The van der Waals surface area contributed by atoms with E-state index < -0.39 is 5.82 Å². The second kappa shape index (κ2) is 9.25. The van der Waals surface area contributed by atoms with Crippen molar-refractivity contribution < 1.29 is 18.7 Å². The van der Waals surface area contributed by atoms with Crippen molar-refractivity contribution in [3.63, 3.8) is 0 Å². The molecule has 0 unspecified atom stereocenters. The minimum absolute atomic E-state index is 0.0753. The van der Waals surface area contributed by atoms with Crippen molar-refractivity contribution in [1.29, 1.82) is 0 Å². The molecule has 3 heterocycles. The van der Waals surface area contributed by atoms with Crippen molar-refractivity contribution in [3.8, 4) is 11.1 Å². The molecule has 0 radical (unpaired) electrons. The summed E-state index contributed by atoms with van der Waals surface area (Å²) >= 11 is 0. The van der Waals surface area contributed by atoms with Gasteiger partial charge in [-0.25, -0.2) is 9.37 Å². The number of methoxy groups -OCH3 is 1. The maximum absolute atomic E-state index is 14.2. The Morgan fingerprint density at radius 3 is 2.69 bits per heavy atom. The standard InChI is InChI=1S/C26H23FN4O4/c1-35-26(34)15-4-7-17(8-5-15)29-24(32)19-3-2-12-31-23(19)30-22-9-6-16(13-20(22)25(31)33)18-10-11-28-14-21(18)27/h2-3,6,9-15,17H,4-5,7-8H2,1H3,(H,29,32). The van der Waals surface area contributed by atoms with Gasteiger partial charge in [0.2, 0.25) is 0 Å². The Hall–Kier alpha value is -4.14. The number of halogens is 1. The summed E-state index contributed by atoms with van der Waals surface area (Å²) in [6.45, 7) is 0. The lowest BCUT2D eigenvalue weighted by Crippen LogP contribution is -2.39. The Kier molecular flexibility index (Phi) is 5.98. The molecule has 0 spiro atoms. The lowest BCUT2D eigenvalue weighted by atomic mass is 9.86. The van der Waals surface area contributed by atoms with E-state index in [2.05, 4.69) is 15.3 Å². The van der Waals surface area contributed by atoms with Gasteiger partial charge in [0.05, 0.1) is 35.7 Å². The van der Waals surface area contributed by atoms with Gasteiger partial charge in [0.1, 0.15) is 5.82 Å². The molecule has 1 fully saturated rings. The molecule has 1 aliphatic carbocycles. The summed E-state index contributed by atoms with van der Waals surface area (Å²) in [5, 5.41) is 3.33. The highest BCUT2D eigenvalue weighted by molar-refractivity contribution is 6.01. The summed E-state index contributed by atoms with van der Waals surface area (Å²) in [5.41, 5.74) is 1.45. The molecule has 35 heavy (non-hydrogen) atoms. The van der Waals surface area contributed by atoms with Crippen molar-refractivity contribution in [2.45, 2.75) is 31.7 Å². The first kappa shape index (κ1) is 22.6. The third-order valence-electron chi connectivity index (χ3n) is 6.56. The van der Waals surface area contributed by atoms with Crippen LogP contribution in [0, 0.1) is 11.7 Å². The van der Waals surface area contributed by atoms with Gasteiger partial charge < -0.3 is 10.1 Å². The molecule has 8 nitrogen and oxygen atoms in total. The van der Waals surface area contributed by atoms with Crippen LogP contribution in [0.3, 0.4) is 0 Å². The number of fused-ring (bicyclic) bond motifs is 2. The van der Waals surface area contributed by atoms with E-state index in [1.54, 1.807) is 42.6 Å². The number of nitrogens with zero attached hydrogens (tertiary/aromatic N) is 3. The Labute approximate surface area is 199 Å². The topological polar surface area (TPSA) is 103 Å². The number of esters is 1. The predicted molar refractivity (Wildman–Crippen MR) is 127 cm³/mol. The minimum Gasteiger partial charge on any atom is -0.469 e. The van der Waals surface area contributed by atoms with Gasteiger partial charge in [-0.2, -0.15) is 0 Å². The van der Waals surface area contributed by atoms with Gasteiger partial charge in [-0.15, -0.1) is 0 Å². The Balaban J connectivity index is 1.46. The van der Waals surface area contributed by atoms with Gasteiger partial charge in [-0.1, -0.05) is 6.07 Å². The molecule has 3 aromatic heterocycles. The maximum Gasteiger partial charge on any atom is 0.308 e. The number of nitrogens with one attached hydrogen (secondary N) is 1. The van der Waals surface area contributed by atoms with Crippen LogP contribution in [0.15, 0.2) is 59.8 Å². The number of hydrogen-bond donors (Lipinski definition) is 1. The zero-order valence-corrected chi connectivity index (χ0v) is 19.0. The molecule has 1 N–H and O–H groups in total. The van der Waals surface area contributed by atoms with Crippen molar-refractivity contribution in [2.75, 3.05) is 7.11 Å². The van der Waals surface area contributed by atoms with Crippen LogP contribution < -0.4 is 10.9 Å². The molecule has 0 bridgehead atoms. The van der Waals surface area contributed by atoms with E-state index in [1.807, 2.05) is 0 Å². The van der Waals surface area contributed by atoms with E-state index in [9.17, 15) is 18.8 Å². The molecule has 1 aromatic carbocycles. The summed E-state index contributed by atoms with van der Waals surface area (Å²) in [6, 6.07) is 9.65. The van der Waals surface area contributed by atoms with Crippen molar-refractivity contribution >= 4 is 28.4 Å². The van der Waals surface area contributed by atoms with Crippen LogP contribution in [0.5, 0.6) is 0 Å². The number of amides is 1. The fourth-order valence-electron chi connectivity index (χ4n) is 4.68. The number of carbonyl (C=O) groups is 2. The van der Waals surface area contributed by atoms with Gasteiger partial charge in [0, 0.05) is 24.0 Å². The second-order valence-corrected chi connectivity index (χ2v) is 8.67. The first-order valence-electron chi connectivity index (χ1n) is 11.4. The normalized spacial score (nSPS) is 17.9. The van der Waals surface area contributed by atoms with Gasteiger partial charge in [0.15, 0.2) is 5.65 Å². The highest BCUT2D eigenvalue weighted by Gasteiger charge is 2.28. The Bertz CT molecular complexity index is 1510. The molecule has 0 atom stereocenters. The molecule has 9 heteroatoms. The summed E-state index contributed by atoms with van der Waals surface area (Å²) in [5.74, 6) is -1.16. The fourth-order valence-corrected chi connectivity index (χ4v) is 4.68. The average Bonchev–Trinajstić information content (AvgIpc) is 2.88. The third kappa shape index (κ3) is 4.25. The van der Waals surface area contributed by atoms with Crippen molar-refractivity contribution in [1.82, 2.24) is 19.7 Å². The van der Waals surface area contributed by atoms with Crippen LogP contribution in [0.1, 0.15) is 36.0 Å². The molecule has 0 aliphatic heterocycles. The first-order valence-corrected chi connectivity index (χ1v) is 11.4. The molecular formula is C26H23FN4O4. The van der Waals surface area contributed by atoms with Gasteiger partial charge in [0.25, 0.3) is 11.5 Å². The number of aromatic nitrogens is 3. The SMILES string of the molecule is COC(=O)C1CCC(NC(=O)c2cccn3c(=O)c4cc(-c5ccncc5F)ccc4nc23)CC1. The highest BCUT2D eigenvalue weighted by Crippen LogP contribution is 2.27. The second-order valence-electron chi connectivity index (χ2n) is 8.67. The first-order chi connectivity index (χ1) is 17.0. The van der Waals surface area contributed by atoms with E-state index in [-0.39, 0.29) is 40.6 Å². The van der Waals surface area contributed by atoms with E-state index in [0.717, 1.165) is 6.20 Å². The van der Waals surface area contributed by atoms with Crippen LogP contribution in [0.2, 0.25) is 0 Å². The number of hydrogen-bond acceptors (Lipinski definition) is 6. The Morgan fingerprint density at radius 2 is 1.94 bits per heavy atom. The number of pyridine rings is 2. The molecule has 1 aliphatic rings. The average molecular weight is 474 g/mol. The van der Waals surface area contributed by atoms with Crippen LogP contribution in [-0.4, -0.2) is 39.4 Å². The van der Waals surface area contributed by atoms with Crippen molar-refractivity contribution in [2.24, 2.45) is 5.92 Å². The third-order valence-corrected chi connectivity index (χ3v) is 6.56. The lowest BCUT2D eigenvalue weighted by Gasteiger charge is -2.27. The number of rotatable bonds is 4. The molecule has 178 valence electrons. The summed E-state index contributed by atoms with van der Waals surface area (Å²) in [4.78, 5) is 46.5. The van der Waals surface area contributed by atoms with E-state index >= 15 is 0 Å². The smallest absolute Gasteiger partial charge is 0.308 e. The monoisotopic (exact) mass is 474 g/mol. The highest BCUT2D eigenvalue weighted by atomic mass is 19.1. The number of ether oxygens (including phenoxy) is 1. The molecule has 0 saturated heterocycles. The maximum atomic E-state index is 14.2. The quantitative estimate of drug-likeness (QED) is 0.359. The summed E-state index contributed by atoms with van der Waals surface area (Å²) in [6.07, 6.45) is 6.80. The summed E-state index contributed by atoms with van der Waals surface area (Å²) < 4.78 is 20.4. The zero-order valence-electron chi connectivity index (χ0n) is 19.0. The van der Waals surface area contributed by atoms with E-state index in [0.29, 0.717) is 47.7 Å². The minimum atomic E-state index is -0.486. The van der Waals surface area contributed by atoms with Crippen LogP contribution >= 0.6 is 0 Å². The van der Waals surface area contributed by atoms with Gasteiger partial charge >= 0.3 is 5.97 Å². The molecule has 1 saturated carbocycles. The van der Waals surface area contributed by atoms with Crippen LogP contribution in [0.25, 0.3) is 27.7 Å². The van der Waals surface area contributed by atoms with Crippen LogP contribution in [0.4, 0.5) is 4.39 Å². The van der Waals surface area contributed by atoms with E-state index in [1.165, 1.54) is 17.7 Å². The summed E-state index contributed by atoms with van der Waals surface area (Å²) in [7, 11) is 1.38. The largest absolute Gasteiger partial charge is 0.469 e. The van der Waals surface area contributed by atoms with Gasteiger partial charge in [-0.05, 0) is 61.6 Å². The molecule has 1 amide bonds. The zero-order chi connectivity index (χ0) is 24.5. The predicted octanol–water partition coefficient (Wildman–Crippen LogP) is 3.51. The Morgan fingerprint density at radius 1 is 1.14 bits per heavy atom. The van der Waals surface area contributed by atoms with Gasteiger partial charge in [-0.3, -0.25) is 23.8 Å². The van der Waals surface area contributed by atoms with Crippen LogP contribution in [-0.2, 0) is 9.53 Å². The molecule has 4 aromatic rings. The number of carbonyl (C=O) groups excluding carboxylic acids is 2. The lowest BCUT2D eigenvalue weighted by molar-refractivity contribution is -0.146. The number of benzene rings is 1. The molecular weight excluding hydrogens is 451 g/mol. The fraction of sp³-hybridized carbons (Fsp3) is 0.269.